The Morgan fingerprint density at radius 1 is 1.20 bits per heavy atom. The van der Waals surface area contributed by atoms with Gasteiger partial charge >= 0.3 is 0 Å². The number of nitrogens with zero attached hydrogens (tertiary/aromatic N) is 6. The van der Waals surface area contributed by atoms with Crippen molar-refractivity contribution >= 4 is 17.4 Å². The number of aliphatic hydroxyl groups excluding tert-OH is 1. The van der Waals surface area contributed by atoms with Gasteiger partial charge in [0.05, 0.1) is 29.8 Å². The quantitative estimate of drug-likeness (QED) is 0.618. The molecule has 0 aliphatic carbocycles. The summed E-state index contributed by atoms with van der Waals surface area (Å²) >= 11 is 0. The fraction of sp³-hybridized carbons (Fsp3) is 0.440. The number of carbonyl (C=O) groups is 1. The Morgan fingerprint density at radius 3 is 2.74 bits per heavy atom. The van der Waals surface area contributed by atoms with Gasteiger partial charge in [0.1, 0.15) is 23.0 Å². The second kappa shape index (κ2) is 8.89. The van der Waals surface area contributed by atoms with E-state index in [2.05, 4.69) is 11.2 Å². The Hall–Kier alpha value is -3.58. The van der Waals surface area contributed by atoms with Gasteiger partial charge in [-0.05, 0) is 44.7 Å². The van der Waals surface area contributed by atoms with Gasteiger partial charge in [0.25, 0.3) is 5.91 Å². The third-order valence-electron chi connectivity index (χ3n) is 6.98. The maximum absolute atomic E-state index is 14.7. The fourth-order valence-corrected chi connectivity index (χ4v) is 5.07. The lowest BCUT2D eigenvalue weighted by Gasteiger charge is -2.35. The molecule has 10 heteroatoms. The van der Waals surface area contributed by atoms with Gasteiger partial charge in [-0.2, -0.15) is 10.4 Å². The Kier molecular flexibility index (Phi) is 5.89. The molecule has 0 spiro atoms. The monoisotopic (exact) mass is 480 g/mol. The zero-order valence-electron chi connectivity index (χ0n) is 19.6. The molecule has 0 saturated carbocycles. The van der Waals surface area contributed by atoms with Crippen LogP contribution < -0.4 is 4.90 Å². The number of halogens is 2. The maximum atomic E-state index is 14.7. The van der Waals surface area contributed by atoms with Gasteiger partial charge in [-0.1, -0.05) is 6.07 Å². The van der Waals surface area contributed by atoms with Gasteiger partial charge in [0.15, 0.2) is 5.65 Å². The van der Waals surface area contributed by atoms with Crippen LogP contribution in [0.5, 0.6) is 0 Å². The van der Waals surface area contributed by atoms with Crippen molar-refractivity contribution in [3.8, 4) is 6.07 Å². The summed E-state index contributed by atoms with van der Waals surface area (Å²) in [5.41, 5.74) is 1.68. The van der Waals surface area contributed by atoms with Crippen molar-refractivity contribution in [2.75, 3.05) is 24.5 Å². The molecule has 0 radical (unpaired) electrons. The zero-order chi connectivity index (χ0) is 24.9. The largest absolute Gasteiger partial charge is 0.390 e. The molecule has 8 nitrogen and oxygen atoms in total. The molecule has 0 unspecified atom stereocenters. The second-order valence-electron chi connectivity index (χ2n) is 9.39. The molecule has 1 N–H and O–H groups in total. The van der Waals surface area contributed by atoms with Crippen LogP contribution in [0.1, 0.15) is 52.5 Å². The van der Waals surface area contributed by atoms with Crippen LogP contribution in [-0.4, -0.2) is 56.2 Å². The van der Waals surface area contributed by atoms with E-state index in [9.17, 15) is 23.9 Å². The first-order valence-corrected chi connectivity index (χ1v) is 11.7. The smallest absolute Gasteiger partial charge is 0.260 e. The molecular formula is C25H26F2N6O2. The van der Waals surface area contributed by atoms with E-state index in [0.29, 0.717) is 43.2 Å². The highest BCUT2D eigenvalue weighted by atomic mass is 19.1. The van der Waals surface area contributed by atoms with Crippen LogP contribution in [0.2, 0.25) is 0 Å². The lowest BCUT2D eigenvalue weighted by Crippen LogP contribution is -2.39. The summed E-state index contributed by atoms with van der Waals surface area (Å²) in [5.74, 6) is -2.19. The first kappa shape index (κ1) is 23.2. The van der Waals surface area contributed by atoms with Gasteiger partial charge in [0, 0.05) is 37.5 Å². The molecule has 2 aliphatic heterocycles. The van der Waals surface area contributed by atoms with Crippen molar-refractivity contribution in [1.29, 1.82) is 5.26 Å². The number of aryl methyl sites for hydroxylation is 2. The normalized spacial score (nSPS) is 22.6. The number of carbonyl (C=O) groups excluding carboxylic acids is 1. The number of hydrogen-bond acceptors (Lipinski definition) is 6. The van der Waals surface area contributed by atoms with Crippen molar-refractivity contribution in [3.63, 3.8) is 0 Å². The minimum absolute atomic E-state index is 0.217. The summed E-state index contributed by atoms with van der Waals surface area (Å²) in [7, 11) is 0. The van der Waals surface area contributed by atoms with Crippen LogP contribution >= 0.6 is 0 Å². The Balaban J connectivity index is 1.49. The average molecular weight is 481 g/mol. The SMILES string of the molecule is Cc1cn2nc([C@@H]3CCCCN3C(=O)c3c(F)ccc(C)c3F)cc2nc1N1C[C@@H](C#N)[C@@H](O)C1. The van der Waals surface area contributed by atoms with Crippen molar-refractivity contribution in [2.45, 2.75) is 45.3 Å². The zero-order valence-corrected chi connectivity index (χ0v) is 19.6. The third kappa shape index (κ3) is 4.00. The molecule has 35 heavy (non-hydrogen) atoms. The summed E-state index contributed by atoms with van der Waals surface area (Å²) in [5, 5.41) is 24.0. The molecule has 2 aliphatic rings. The lowest BCUT2D eigenvalue weighted by molar-refractivity contribution is 0.0595. The van der Waals surface area contributed by atoms with Crippen LogP contribution in [0.3, 0.4) is 0 Å². The van der Waals surface area contributed by atoms with Gasteiger partial charge in [-0.3, -0.25) is 4.79 Å². The first-order valence-electron chi connectivity index (χ1n) is 11.7. The lowest BCUT2D eigenvalue weighted by atomic mass is 9.97. The van der Waals surface area contributed by atoms with Crippen LogP contribution in [0.4, 0.5) is 14.6 Å². The van der Waals surface area contributed by atoms with Crippen molar-refractivity contribution in [1.82, 2.24) is 19.5 Å². The van der Waals surface area contributed by atoms with Crippen molar-refractivity contribution in [2.24, 2.45) is 5.92 Å². The molecule has 1 aromatic carbocycles. The highest BCUT2D eigenvalue weighted by molar-refractivity contribution is 5.95. The minimum Gasteiger partial charge on any atom is -0.390 e. The van der Waals surface area contributed by atoms with Gasteiger partial charge in [-0.15, -0.1) is 0 Å². The summed E-state index contributed by atoms with van der Waals surface area (Å²) in [4.78, 5) is 21.4. The number of β-amino-alcohol motifs (C(OH)–C–C–N with tert-alkyl or cyclic N) is 1. The number of aliphatic hydroxyl groups is 1. The molecule has 2 fully saturated rings. The number of piperidine rings is 1. The Morgan fingerprint density at radius 2 is 2.00 bits per heavy atom. The second-order valence-corrected chi connectivity index (χ2v) is 9.39. The van der Waals surface area contributed by atoms with Gasteiger partial charge in [0.2, 0.25) is 0 Å². The number of anilines is 1. The fourth-order valence-electron chi connectivity index (χ4n) is 5.07. The van der Waals surface area contributed by atoms with Gasteiger partial charge in [-0.25, -0.2) is 18.3 Å². The maximum Gasteiger partial charge on any atom is 0.260 e. The standard InChI is InChI=1S/C25H26F2N6O2/c1-14-6-7-17(26)22(23(14)27)25(35)32-8-4-3-5-19(32)18-9-21-29-24(15(2)11-33(21)30-18)31-12-16(10-28)20(34)13-31/h6-7,9,11,16,19-20,34H,3-5,8,12-13H2,1-2H3/t16-,19+,20+/m1/s1. The van der Waals surface area contributed by atoms with Crippen LogP contribution in [-0.2, 0) is 0 Å². The van der Waals surface area contributed by atoms with E-state index in [1.807, 2.05) is 18.0 Å². The molecule has 182 valence electrons. The van der Waals surface area contributed by atoms with Crippen molar-refractivity contribution < 1.29 is 18.7 Å². The van der Waals surface area contributed by atoms with Crippen LogP contribution in [0.15, 0.2) is 24.4 Å². The van der Waals surface area contributed by atoms with Crippen LogP contribution in [0.25, 0.3) is 5.65 Å². The molecule has 2 aromatic heterocycles. The predicted octanol–water partition coefficient (Wildman–Crippen LogP) is 3.31. The van der Waals surface area contributed by atoms with E-state index >= 15 is 0 Å². The van der Waals surface area contributed by atoms with E-state index in [4.69, 9.17) is 4.98 Å². The first-order chi connectivity index (χ1) is 16.8. The summed E-state index contributed by atoms with van der Waals surface area (Å²) in [6.07, 6.45) is 3.31. The third-order valence-corrected chi connectivity index (χ3v) is 6.98. The highest BCUT2D eigenvalue weighted by Crippen LogP contribution is 2.34. The molecule has 3 atom stereocenters. The number of benzene rings is 1. The van der Waals surface area contributed by atoms with E-state index in [1.165, 1.54) is 17.9 Å². The number of nitriles is 1. The predicted molar refractivity (Wildman–Crippen MR) is 124 cm³/mol. The summed E-state index contributed by atoms with van der Waals surface area (Å²) in [6.45, 7) is 4.48. The van der Waals surface area contributed by atoms with E-state index in [1.54, 1.807) is 10.6 Å². The Bertz CT molecular complexity index is 1350. The topological polar surface area (TPSA) is 97.8 Å². The number of hydrogen-bond donors (Lipinski definition) is 1. The Labute approximate surface area is 201 Å². The number of fused-ring (bicyclic) bond motifs is 1. The minimum atomic E-state index is -0.872. The molecular weight excluding hydrogens is 454 g/mol. The van der Waals surface area contributed by atoms with Gasteiger partial charge < -0.3 is 14.9 Å². The van der Waals surface area contributed by atoms with Crippen molar-refractivity contribution in [3.05, 3.63) is 58.4 Å². The number of aromatic nitrogens is 3. The summed E-state index contributed by atoms with van der Waals surface area (Å²) < 4.78 is 30.8. The number of rotatable bonds is 3. The number of amides is 1. The van der Waals surface area contributed by atoms with Crippen LogP contribution in [0, 0.1) is 42.7 Å². The van der Waals surface area contributed by atoms with E-state index < -0.39 is 41.2 Å². The molecule has 2 saturated heterocycles. The molecule has 0 bridgehead atoms. The van der Waals surface area contributed by atoms with E-state index in [0.717, 1.165) is 24.5 Å². The highest BCUT2D eigenvalue weighted by Gasteiger charge is 2.35. The molecule has 5 rings (SSSR count). The average Bonchev–Trinajstić information content (AvgIpc) is 3.43. The molecule has 4 heterocycles. The number of likely N-dealkylation sites (tertiary alicyclic amines) is 1. The molecule has 1 amide bonds. The summed E-state index contributed by atoms with van der Waals surface area (Å²) in [6, 6.07) is 5.93. The molecule has 3 aromatic rings. The van der Waals surface area contributed by atoms with E-state index in [-0.39, 0.29) is 5.56 Å².